The third kappa shape index (κ3) is 4.22. The molecule has 156 valence electrons. The summed E-state index contributed by atoms with van der Waals surface area (Å²) in [6, 6.07) is 13.6. The Labute approximate surface area is 176 Å². The highest BCUT2D eigenvalue weighted by Crippen LogP contribution is 2.32. The number of hydrogen-bond donors (Lipinski definition) is 0. The number of carbonyl (C=O) groups is 1. The van der Waals surface area contributed by atoms with Gasteiger partial charge in [0.2, 0.25) is 0 Å². The van der Waals surface area contributed by atoms with Crippen molar-refractivity contribution >= 4 is 17.0 Å². The number of ether oxygens (including phenoxy) is 2. The molecule has 30 heavy (non-hydrogen) atoms. The molecular formula is C24H27N3O3. The summed E-state index contributed by atoms with van der Waals surface area (Å²) < 4.78 is 10.9. The molecule has 6 heteroatoms. The lowest BCUT2D eigenvalue weighted by molar-refractivity contribution is 0.138. The Balaban J connectivity index is 1.40. The van der Waals surface area contributed by atoms with Gasteiger partial charge in [-0.1, -0.05) is 26.0 Å². The van der Waals surface area contributed by atoms with E-state index in [2.05, 4.69) is 23.8 Å². The molecule has 0 N–H and O–H groups in total. The van der Waals surface area contributed by atoms with E-state index in [1.54, 1.807) is 18.3 Å². The second-order valence-electron chi connectivity index (χ2n) is 8.00. The Morgan fingerprint density at radius 1 is 1.03 bits per heavy atom. The zero-order valence-corrected chi connectivity index (χ0v) is 17.7. The van der Waals surface area contributed by atoms with Gasteiger partial charge in [-0.15, -0.1) is 0 Å². The molecule has 2 aromatic carbocycles. The predicted molar refractivity (Wildman–Crippen MR) is 116 cm³/mol. The number of piperidine rings is 1. The molecule has 0 spiro atoms. The summed E-state index contributed by atoms with van der Waals surface area (Å²) in [5, 5.41) is 1.05. The molecule has 0 aliphatic carbocycles. The maximum atomic E-state index is 12.6. The largest absolute Gasteiger partial charge is 0.497 e. The fourth-order valence-electron chi connectivity index (χ4n) is 3.93. The molecule has 0 bridgehead atoms. The Morgan fingerprint density at radius 2 is 1.73 bits per heavy atom. The quantitative estimate of drug-likeness (QED) is 0.601. The summed E-state index contributed by atoms with van der Waals surface area (Å²) in [5.41, 5.74) is 3.15. The zero-order chi connectivity index (χ0) is 21.1. The van der Waals surface area contributed by atoms with Gasteiger partial charge in [0.25, 0.3) is 0 Å². The molecule has 0 unspecified atom stereocenters. The lowest BCUT2D eigenvalue weighted by Gasteiger charge is -2.31. The number of carbonyl (C=O) groups excluding carboxylic acids is 1. The lowest BCUT2D eigenvalue weighted by Crippen LogP contribution is -2.39. The molecule has 2 heterocycles. The standard InChI is InChI=1S/C24H27N3O3/c1-16(2)17-4-6-19(7-5-17)30-24(28)27-12-10-18(11-13-27)23-21-9-8-20(29-3)14-22(21)25-15-26-23/h4-9,14-16,18H,10-13H2,1-3H3. The first-order valence-corrected chi connectivity index (χ1v) is 10.4. The number of rotatable bonds is 4. The minimum atomic E-state index is -0.289. The minimum absolute atomic E-state index is 0.289. The van der Waals surface area contributed by atoms with Crippen LogP contribution < -0.4 is 9.47 Å². The van der Waals surface area contributed by atoms with Crippen molar-refractivity contribution in [3.8, 4) is 11.5 Å². The summed E-state index contributed by atoms with van der Waals surface area (Å²) >= 11 is 0. The number of fused-ring (bicyclic) bond motifs is 1. The normalized spacial score (nSPS) is 14.9. The summed E-state index contributed by atoms with van der Waals surface area (Å²) in [7, 11) is 1.65. The molecule has 1 aliphatic heterocycles. The number of methoxy groups -OCH3 is 1. The highest BCUT2D eigenvalue weighted by atomic mass is 16.6. The van der Waals surface area contributed by atoms with Gasteiger partial charge in [-0.05, 0) is 48.6 Å². The van der Waals surface area contributed by atoms with Crippen LogP contribution in [0.25, 0.3) is 10.9 Å². The van der Waals surface area contributed by atoms with Crippen LogP contribution in [0.4, 0.5) is 4.79 Å². The van der Waals surface area contributed by atoms with Gasteiger partial charge in [0.1, 0.15) is 17.8 Å². The molecular weight excluding hydrogens is 378 g/mol. The van der Waals surface area contributed by atoms with Crippen LogP contribution in [0.3, 0.4) is 0 Å². The molecule has 3 aromatic rings. The van der Waals surface area contributed by atoms with Gasteiger partial charge in [-0.25, -0.2) is 14.8 Å². The van der Waals surface area contributed by atoms with Gasteiger partial charge in [0, 0.05) is 30.5 Å². The van der Waals surface area contributed by atoms with E-state index in [1.165, 1.54) is 5.56 Å². The number of likely N-dealkylation sites (tertiary alicyclic amines) is 1. The van der Waals surface area contributed by atoms with Crippen LogP contribution in [0.15, 0.2) is 48.8 Å². The number of hydrogen-bond acceptors (Lipinski definition) is 5. The topological polar surface area (TPSA) is 64.5 Å². The maximum Gasteiger partial charge on any atom is 0.415 e. The van der Waals surface area contributed by atoms with Crippen LogP contribution in [0.5, 0.6) is 11.5 Å². The fraction of sp³-hybridized carbons (Fsp3) is 0.375. The first-order valence-electron chi connectivity index (χ1n) is 10.4. The van der Waals surface area contributed by atoms with Crippen molar-refractivity contribution in [2.75, 3.05) is 20.2 Å². The number of amides is 1. The second kappa shape index (κ2) is 8.69. The Bertz CT molecular complexity index is 1030. The SMILES string of the molecule is COc1ccc2c(C3CCN(C(=O)Oc4ccc(C(C)C)cc4)CC3)ncnc2c1. The van der Waals surface area contributed by atoms with E-state index in [9.17, 15) is 4.79 Å². The summed E-state index contributed by atoms with van der Waals surface area (Å²) in [6.07, 6.45) is 3.01. The average molecular weight is 405 g/mol. The monoisotopic (exact) mass is 405 g/mol. The van der Waals surface area contributed by atoms with Gasteiger partial charge >= 0.3 is 6.09 Å². The highest BCUT2D eigenvalue weighted by Gasteiger charge is 2.27. The van der Waals surface area contributed by atoms with Crippen LogP contribution in [0.1, 0.15) is 49.8 Å². The second-order valence-corrected chi connectivity index (χ2v) is 8.00. The Kier molecular flexibility index (Phi) is 5.84. The van der Waals surface area contributed by atoms with Crippen molar-refractivity contribution in [3.63, 3.8) is 0 Å². The third-order valence-electron chi connectivity index (χ3n) is 5.77. The Morgan fingerprint density at radius 3 is 2.40 bits per heavy atom. The van der Waals surface area contributed by atoms with E-state index in [0.29, 0.717) is 30.7 Å². The van der Waals surface area contributed by atoms with Crippen LogP contribution in [-0.2, 0) is 0 Å². The predicted octanol–water partition coefficient (Wildman–Crippen LogP) is 5.14. The van der Waals surface area contributed by atoms with E-state index >= 15 is 0 Å². The molecule has 1 amide bonds. The average Bonchev–Trinajstić information content (AvgIpc) is 2.78. The van der Waals surface area contributed by atoms with Crippen LogP contribution in [-0.4, -0.2) is 41.2 Å². The fourth-order valence-corrected chi connectivity index (χ4v) is 3.93. The summed E-state index contributed by atoms with van der Waals surface area (Å²) in [5.74, 6) is 2.11. The third-order valence-corrected chi connectivity index (χ3v) is 5.77. The molecule has 4 rings (SSSR count). The molecule has 1 saturated heterocycles. The first-order chi connectivity index (χ1) is 14.5. The summed E-state index contributed by atoms with van der Waals surface area (Å²) in [6.45, 7) is 5.58. The van der Waals surface area contributed by atoms with Crippen molar-refractivity contribution < 1.29 is 14.3 Å². The first kappa shape index (κ1) is 20.1. The van der Waals surface area contributed by atoms with E-state index in [4.69, 9.17) is 9.47 Å². The van der Waals surface area contributed by atoms with Gasteiger partial charge in [-0.3, -0.25) is 0 Å². The van der Waals surface area contributed by atoms with E-state index in [0.717, 1.165) is 35.2 Å². The molecule has 1 aliphatic rings. The molecule has 1 aromatic heterocycles. The molecule has 0 radical (unpaired) electrons. The van der Waals surface area contributed by atoms with Crippen LogP contribution in [0, 0.1) is 0 Å². The number of aromatic nitrogens is 2. The van der Waals surface area contributed by atoms with Gasteiger partial charge in [-0.2, -0.15) is 0 Å². The molecule has 0 atom stereocenters. The van der Waals surface area contributed by atoms with E-state index in [-0.39, 0.29) is 6.09 Å². The highest BCUT2D eigenvalue weighted by molar-refractivity contribution is 5.82. The summed E-state index contributed by atoms with van der Waals surface area (Å²) in [4.78, 5) is 23.3. The van der Waals surface area contributed by atoms with E-state index in [1.807, 2.05) is 42.5 Å². The van der Waals surface area contributed by atoms with Crippen molar-refractivity contribution in [1.29, 1.82) is 0 Å². The number of nitrogens with zero attached hydrogens (tertiary/aromatic N) is 3. The van der Waals surface area contributed by atoms with Crippen molar-refractivity contribution in [2.24, 2.45) is 0 Å². The van der Waals surface area contributed by atoms with Gasteiger partial charge < -0.3 is 14.4 Å². The van der Waals surface area contributed by atoms with Crippen LogP contribution in [0.2, 0.25) is 0 Å². The minimum Gasteiger partial charge on any atom is -0.497 e. The zero-order valence-electron chi connectivity index (χ0n) is 17.7. The number of benzene rings is 2. The Hall–Kier alpha value is -3.15. The van der Waals surface area contributed by atoms with Crippen LogP contribution >= 0.6 is 0 Å². The van der Waals surface area contributed by atoms with E-state index < -0.39 is 0 Å². The van der Waals surface area contributed by atoms with Gasteiger partial charge in [0.15, 0.2) is 0 Å². The van der Waals surface area contributed by atoms with Gasteiger partial charge in [0.05, 0.1) is 18.3 Å². The smallest absolute Gasteiger partial charge is 0.415 e. The van der Waals surface area contributed by atoms with Crippen molar-refractivity contribution in [1.82, 2.24) is 14.9 Å². The molecule has 6 nitrogen and oxygen atoms in total. The van der Waals surface area contributed by atoms with Crippen molar-refractivity contribution in [3.05, 3.63) is 60.0 Å². The van der Waals surface area contributed by atoms with Crippen molar-refractivity contribution in [2.45, 2.75) is 38.5 Å². The molecule has 0 saturated carbocycles. The lowest BCUT2D eigenvalue weighted by atomic mass is 9.91. The maximum absolute atomic E-state index is 12.6. The molecule has 1 fully saturated rings.